The number of aromatic nitrogens is 3. The third-order valence-corrected chi connectivity index (χ3v) is 9.32. The number of methoxy groups -OCH3 is 1. The van der Waals surface area contributed by atoms with Crippen LogP contribution in [0.2, 0.25) is 0 Å². The van der Waals surface area contributed by atoms with Gasteiger partial charge < -0.3 is 18.8 Å². The Kier molecular flexibility index (Phi) is 7.76. The summed E-state index contributed by atoms with van der Waals surface area (Å²) in [6.07, 6.45) is 1.88. The van der Waals surface area contributed by atoms with Crippen LogP contribution in [-0.4, -0.2) is 69.6 Å². The number of imidazole rings is 1. The van der Waals surface area contributed by atoms with Gasteiger partial charge in [-0.2, -0.15) is 5.10 Å². The second kappa shape index (κ2) is 12.0. The quantitative estimate of drug-likeness (QED) is 0.182. The number of aryl methyl sites for hydroxylation is 1. The molecule has 3 aromatic heterocycles. The molecule has 7 rings (SSSR count). The lowest BCUT2D eigenvalue weighted by molar-refractivity contribution is 0.0528. The van der Waals surface area contributed by atoms with Gasteiger partial charge in [-0.3, -0.25) is 9.69 Å². The predicted octanol–water partition coefficient (Wildman–Crippen LogP) is 6.93. The molecule has 9 nitrogen and oxygen atoms in total. The number of carbonyl (C=O) groups excluding carboxylic acids is 1. The Hall–Kier alpha value is -4.67. The van der Waals surface area contributed by atoms with Gasteiger partial charge in [-0.25, -0.2) is 9.50 Å². The molecule has 0 bridgehead atoms. The van der Waals surface area contributed by atoms with Gasteiger partial charge in [0.2, 0.25) is 4.96 Å². The number of amides is 1. The van der Waals surface area contributed by atoms with Crippen LogP contribution in [0.4, 0.5) is 0 Å². The fourth-order valence-electron chi connectivity index (χ4n) is 6.03. The number of rotatable bonds is 8. The molecule has 230 valence electrons. The standard InChI is InChI=1S/C35H35N5O4S/c1-5-38-13-14-39(19-22(38)2)34(41)25-11-9-24(10-12-25)26-7-6-8-28(15-26)43-21-27-16-29(42-4)17-32-30(27)18-33(44-32)31-20-40-35(36-31)45-23(3)37-40/h6-12,15-18,20,22H,5,13-14,19,21H2,1-4H3. The summed E-state index contributed by atoms with van der Waals surface area (Å²) in [7, 11) is 1.64. The number of likely N-dealkylation sites (N-methyl/N-ethyl adjacent to an activating group) is 1. The summed E-state index contributed by atoms with van der Waals surface area (Å²) in [4.78, 5) is 23.1. The van der Waals surface area contributed by atoms with Gasteiger partial charge in [0, 0.05) is 48.3 Å². The van der Waals surface area contributed by atoms with Crippen molar-refractivity contribution >= 4 is 33.2 Å². The number of hydrogen-bond acceptors (Lipinski definition) is 8. The number of ether oxygens (including phenoxy) is 2. The van der Waals surface area contributed by atoms with Crippen LogP contribution in [0.15, 0.2) is 77.3 Å². The fraction of sp³-hybridized carbons (Fsp3) is 0.286. The molecule has 0 radical (unpaired) electrons. The number of hydrogen-bond donors (Lipinski definition) is 0. The molecule has 1 aliphatic rings. The minimum Gasteiger partial charge on any atom is -0.497 e. The van der Waals surface area contributed by atoms with Crippen molar-refractivity contribution in [2.45, 2.75) is 33.4 Å². The highest BCUT2D eigenvalue weighted by molar-refractivity contribution is 7.16. The summed E-state index contributed by atoms with van der Waals surface area (Å²) >= 11 is 1.54. The Morgan fingerprint density at radius 2 is 1.89 bits per heavy atom. The third-order valence-electron chi connectivity index (χ3n) is 8.48. The predicted molar refractivity (Wildman–Crippen MR) is 176 cm³/mol. The lowest BCUT2D eigenvalue weighted by Gasteiger charge is -2.39. The van der Waals surface area contributed by atoms with Crippen molar-refractivity contribution in [2.75, 3.05) is 33.3 Å². The van der Waals surface area contributed by atoms with E-state index < -0.39 is 0 Å². The Morgan fingerprint density at radius 1 is 1.04 bits per heavy atom. The second-order valence-corrected chi connectivity index (χ2v) is 12.6. The third kappa shape index (κ3) is 5.79. The molecule has 0 aliphatic carbocycles. The maximum absolute atomic E-state index is 13.2. The zero-order chi connectivity index (χ0) is 31.1. The maximum Gasteiger partial charge on any atom is 0.253 e. The van der Waals surface area contributed by atoms with E-state index in [1.54, 1.807) is 11.6 Å². The second-order valence-electron chi connectivity index (χ2n) is 11.4. The van der Waals surface area contributed by atoms with Gasteiger partial charge in [-0.05, 0) is 67.9 Å². The van der Waals surface area contributed by atoms with Crippen LogP contribution in [-0.2, 0) is 6.61 Å². The zero-order valence-electron chi connectivity index (χ0n) is 25.8. The van der Waals surface area contributed by atoms with E-state index in [9.17, 15) is 4.79 Å². The van der Waals surface area contributed by atoms with Crippen LogP contribution in [0.5, 0.6) is 11.5 Å². The highest BCUT2D eigenvalue weighted by Gasteiger charge is 2.26. The van der Waals surface area contributed by atoms with Crippen molar-refractivity contribution in [1.82, 2.24) is 24.4 Å². The smallest absolute Gasteiger partial charge is 0.253 e. The first kappa shape index (κ1) is 29.1. The van der Waals surface area contributed by atoms with Crippen LogP contribution < -0.4 is 9.47 Å². The molecule has 0 N–H and O–H groups in total. The molecule has 1 fully saturated rings. The van der Waals surface area contributed by atoms with E-state index >= 15 is 0 Å². The van der Waals surface area contributed by atoms with Crippen molar-refractivity contribution in [2.24, 2.45) is 0 Å². The Bertz CT molecular complexity index is 1960. The molecule has 1 amide bonds. The highest BCUT2D eigenvalue weighted by Crippen LogP contribution is 2.34. The van der Waals surface area contributed by atoms with E-state index in [1.165, 1.54) is 11.3 Å². The molecule has 1 saturated heterocycles. The van der Waals surface area contributed by atoms with E-state index in [4.69, 9.17) is 18.9 Å². The van der Waals surface area contributed by atoms with Gasteiger partial charge in [-0.15, -0.1) is 0 Å². The molecule has 3 aromatic carbocycles. The number of piperazine rings is 1. The van der Waals surface area contributed by atoms with E-state index in [-0.39, 0.29) is 5.91 Å². The van der Waals surface area contributed by atoms with E-state index in [1.807, 2.05) is 84.8 Å². The molecule has 0 spiro atoms. The molecule has 10 heteroatoms. The Morgan fingerprint density at radius 3 is 2.64 bits per heavy atom. The van der Waals surface area contributed by atoms with Gasteiger partial charge in [0.15, 0.2) is 5.76 Å². The first-order chi connectivity index (χ1) is 21.9. The molecule has 1 aliphatic heterocycles. The summed E-state index contributed by atoms with van der Waals surface area (Å²) in [5.74, 6) is 2.19. The average Bonchev–Trinajstić information content (AvgIpc) is 3.76. The zero-order valence-corrected chi connectivity index (χ0v) is 26.6. The monoisotopic (exact) mass is 621 g/mol. The van der Waals surface area contributed by atoms with Gasteiger partial charge in [0.25, 0.3) is 5.91 Å². The molecule has 1 atom stereocenters. The summed E-state index contributed by atoms with van der Waals surface area (Å²) in [5, 5.41) is 6.36. The highest BCUT2D eigenvalue weighted by atomic mass is 32.1. The van der Waals surface area contributed by atoms with Crippen LogP contribution in [0.1, 0.15) is 34.8 Å². The minimum atomic E-state index is 0.0905. The van der Waals surface area contributed by atoms with Crippen LogP contribution in [0, 0.1) is 6.92 Å². The van der Waals surface area contributed by atoms with Crippen LogP contribution in [0.25, 0.3) is 38.5 Å². The summed E-state index contributed by atoms with van der Waals surface area (Å²) in [5.41, 5.74) is 5.12. The first-order valence-electron chi connectivity index (χ1n) is 15.2. The van der Waals surface area contributed by atoms with E-state index in [0.717, 1.165) is 69.7 Å². The Balaban J connectivity index is 1.07. The molecule has 1 unspecified atom stereocenters. The van der Waals surface area contributed by atoms with Crippen LogP contribution >= 0.6 is 11.3 Å². The van der Waals surface area contributed by atoms with Gasteiger partial charge >= 0.3 is 0 Å². The van der Waals surface area contributed by atoms with Crippen molar-refractivity contribution in [1.29, 1.82) is 0 Å². The fourth-order valence-corrected chi connectivity index (χ4v) is 6.75. The SMILES string of the molecule is CCN1CCN(C(=O)c2ccc(-c3cccc(OCc4cc(OC)cc5oc(-c6cn7nc(C)sc7n6)cc45)c3)cc2)CC1C. The van der Waals surface area contributed by atoms with Crippen molar-refractivity contribution in [3.63, 3.8) is 0 Å². The minimum absolute atomic E-state index is 0.0905. The van der Waals surface area contributed by atoms with Crippen molar-refractivity contribution < 1.29 is 18.7 Å². The maximum atomic E-state index is 13.2. The number of nitrogens with zero attached hydrogens (tertiary/aromatic N) is 5. The van der Waals surface area contributed by atoms with Crippen LogP contribution in [0.3, 0.4) is 0 Å². The summed E-state index contributed by atoms with van der Waals surface area (Å²) < 4.78 is 19.9. The number of carbonyl (C=O) groups is 1. The number of furan rings is 1. The van der Waals surface area contributed by atoms with Gasteiger partial charge in [0.05, 0.1) is 13.3 Å². The number of fused-ring (bicyclic) bond motifs is 2. The molecule has 45 heavy (non-hydrogen) atoms. The first-order valence-corrected chi connectivity index (χ1v) is 16.0. The van der Waals surface area contributed by atoms with E-state index in [2.05, 4.69) is 23.8 Å². The molecule has 6 aromatic rings. The summed E-state index contributed by atoms with van der Waals surface area (Å²) in [6, 6.07) is 22.1. The summed E-state index contributed by atoms with van der Waals surface area (Å²) in [6.45, 7) is 10.1. The molecular formula is C35H35N5O4S. The Labute approximate surface area is 265 Å². The lowest BCUT2D eigenvalue weighted by atomic mass is 10.0. The molecule has 0 saturated carbocycles. The molecular weight excluding hydrogens is 586 g/mol. The lowest BCUT2D eigenvalue weighted by Crippen LogP contribution is -2.53. The number of benzene rings is 3. The van der Waals surface area contributed by atoms with E-state index in [0.29, 0.717) is 35.3 Å². The van der Waals surface area contributed by atoms with Gasteiger partial charge in [0.1, 0.15) is 34.4 Å². The van der Waals surface area contributed by atoms with Crippen molar-refractivity contribution in [3.8, 4) is 34.1 Å². The normalized spacial score (nSPS) is 15.6. The van der Waals surface area contributed by atoms with Gasteiger partial charge in [-0.1, -0.05) is 42.5 Å². The molecule has 4 heterocycles. The largest absolute Gasteiger partial charge is 0.497 e. The van der Waals surface area contributed by atoms with Crippen molar-refractivity contribution in [3.05, 3.63) is 89.1 Å². The topological polar surface area (TPSA) is 85.3 Å². The average molecular weight is 622 g/mol.